The van der Waals surface area contributed by atoms with Crippen molar-refractivity contribution in [2.24, 2.45) is 0 Å². The smallest absolute Gasteiger partial charge is 0.252 e. The molecule has 0 spiro atoms. The van der Waals surface area contributed by atoms with E-state index in [1.165, 1.54) is 19.3 Å². The first-order valence-corrected chi connectivity index (χ1v) is 10.0. The average molecular weight is 374 g/mol. The third kappa shape index (κ3) is 4.04. The van der Waals surface area contributed by atoms with E-state index in [9.17, 15) is 4.79 Å². The number of pyridine rings is 2. The highest BCUT2D eigenvalue weighted by molar-refractivity contribution is 6.07. The highest BCUT2D eigenvalue weighted by atomic mass is 16.1. The highest BCUT2D eigenvalue weighted by Gasteiger charge is 2.18. The van der Waals surface area contributed by atoms with Gasteiger partial charge in [0, 0.05) is 42.5 Å². The first kappa shape index (κ1) is 18.6. The first-order chi connectivity index (χ1) is 13.7. The number of rotatable bonds is 5. The number of para-hydroxylation sites is 1. The summed E-state index contributed by atoms with van der Waals surface area (Å²) >= 11 is 0. The highest BCUT2D eigenvalue weighted by Crippen LogP contribution is 2.24. The molecule has 144 valence electrons. The van der Waals surface area contributed by atoms with Crippen LogP contribution in [0.5, 0.6) is 0 Å². The van der Waals surface area contributed by atoms with Crippen LogP contribution in [-0.2, 0) is 0 Å². The van der Waals surface area contributed by atoms with Gasteiger partial charge in [-0.1, -0.05) is 24.6 Å². The molecule has 5 nitrogen and oxygen atoms in total. The second-order valence-corrected chi connectivity index (χ2v) is 7.45. The number of piperidine rings is 1. The number of benzene rings is 1. The molecule has 3 heterocycles. The zero-order valence-electron chi connectivity index (χ0n) is 16.3. The van der Waals surface area contributed by atoms with Gasteiger partial charge in [-0.25, -0.2) is 4.98 Å². The average Bonchev–Trinajstić information content (AvgIpc) is 2.75. The van der Waals surface area contributed by atoms with Crippen molar-refractivity contribution in [2.75, 3.05) is 19.6 Å². The van der Waals surface area contributed by atoms with E-state index in [1.807, 2.05) is 42.5 Å². The minimum absolute atomic E-state index is 0.0478. The Balaban J connectivity index is 1.55. The second-order valence-electron chi connectivity index (χ2n) is 7.45. The second kappa shape index (κ2) is 8.48. The van der Waals surface area contributed by atoms with Crippen molar-refractivity contribution in [3.63, 3.8) is 0 Å². The van der Waals surface area contributed by atoms with Crippen LogP contribution in [0.1, 0.15) is 36.5 Å². The van der Waals surface area contributed by atoms with E-state index in [4.69, 9.17) is 4.98 Å². The summed E-state index contributed by atoms with van der Waals surface area (Å²) in [5.41, 5.74) is 3.15. The van der Waals surface area contributed by atoms with Crippen molar-refractivity contribution >= 4 is 16.8 Å². The van der Waals surface area contributed by atoms with Crippen LogP contribution in [0.25, 0.3) is 22.2 Å². The molecule has 0 aliphatic carbocycles. The van der Waals surface area contributed by atoms with Crippen molar-refractivity contribution in [3.05, 3.63) is 60.4 Å². The normalized spacial score (nSPS) is 17.5. The molecule has 0 radical (unpaired) electrons. The number of aromatic nitrogens is 2. The maximum Gasteiger partial charge on any atom is 0.252 e. The lowest BCUT2D eigenvalue weighted by Gasteiger charge is -2.33. The van der Waals surface area contributed by atoms with E-state index in [0.29, 0.717) is 18.2 Å². The van der Waals surface area contributed by atoms with Gasteiger partial charge < -0.3 is 5.32 Å². The summed E-state index contributed by atoms with van der Waals surface area (Å²) < 4.78 is 0. The SMILES string of the molecule is CC1CCCCN1CCNC(=O)c1cc(-c2cccnc2)nc2ccccc12. The minimum Gasteiger partial charge on any atom is -0.351 e. The predicted octanol–water partition coefficient (Wildman–Crippen LogP) is 3.90. The number of likely N-dealkylation sites (tertiary alicyclic amines) is 1. The Bertz CT molecular complexity index is 957. The predicted molar refractivity (Wildman–Crippen MR) is 112 cm³/mol. The molecule has 0 bridgehead atoms. The van der Waals surface area contributed by atoms with Crippen molar-refractivity contribution < 1.29 is 4.79 Å². The van der Waals surface area contributed by atoms with Gasteiger partial charge in [-0.15, -0.1) is 0 Å². The molecule has 1 amide bonds. The topological polar surface area (TPSA) is 58.1 Å². The molecular weight excluding hydrogens is 348 g/mol. The molecule has 28 heavy (non-hydrogen) atoms. The van der Waals surface area contributed by atoms with Crippen LogP contribution in [0, 0.1) is 0 Å². The molecule has 1 atom stereocenters. The van der Waals surface area contributed by atoms with E-state index < -0.39 is 0 Å². The van der Waals surface area contributed by atoms with Crippen molar-refractivity contribution in [3.8, 4) is 11.3 Å². The number of carbonyl (C=O) groups is 1. The van der Waals surface area contributed by atoms with E-state index in [-0.39, 0.29) is 5.91 Å². The summed E-state index contributed by atoms with van der Waals surface area (Å²) in [6.07, 6.45) is 7.32. The summed E-state index contributed by atoms with van der Waals surface area (Å²) in [5.74, 6) is -0.0478. The number of hydrogen-bond donors (Lipinski definition) is 1. The lowest BCUT2D eigenvalue weighted by molar-refractivity contribution is 0.0940. The molecule has 1 aromatic carbocycles. The third-order valence-corrected chi connectivity index (χ3v) is 5.54. The molecule has 1 saturated heterocycles. The molecule has 1 aliphatic rings. The van der Waals surface area contributed by atoms with Gasteiger partial charge in [0.2, 0.25) is 0 Å². The molecule has 4 rings (SSSR count). The van der Waals surface area contributed by atoms with Crippen molar-refractivity contribution in [2.45, 2.75) is 32.2 Å². The number of hydrogen-bond acceptors (Lipinski definition) is 4. The molecular formula is C23H26N4O. The number of fused-ring (bicyclic) bond motifs is 1. The van der Waals surface area contributed by atoms with Crippen LogP contribution < -0.4 is 5.32 Å². The molecule has 5 heteroatoms. The summed E-state index contributed by atoms with van der Waals surface area (Å²) in [4.78, 5) is 24.4. The molecule has 1 fully saturated rings. The lowest BCUT2D eigenvalue weighted by atomic mass is 10.0. The van der Waals surface area contributed by atoms with Gasteiger partial charge in [-0.2, -0.15) is 0 Å². The standard InChI is InChI=1S/C23H26N4O/c1-17-7-4-5-13-27(17)14-12-25-23(28)20-15-22(18-8-6-11-24-16-18)26-21-10-3-2-9-19(20)21/h2-3,6,8-11,15-17H,4-5,7,12-14H2,1H3,(H,25,28). The van der Waals surface area contributed by atoms with Gasteiger partial charge in [0.1, 0.15) is 0 Å². The first-order valence-electron chi connectivity index (χ1n) is 10.0. The fraction of sp³-hybridized carbons (Fsp3) is 0.348. The van der Waals surface area contributed by atoms with Gasteiger partial charge in [0.25, 0.3) is 5.91 Å². The fourth-order valence-corrected chi connectivity index (χ4v) is 3.92. The maximum atomic E-state index is 13.0. The molecule has 1 unspecified atom stereocenters. The van der Waals surface area contributed by atoms with Gasteiger partial charge >= 0.3 is 0 Å². The Kier molecular flexibility index (Phi) is 5.63. The van der Waals surface area contributed by atoms with Crippen LogP contribution in [-0.4, -0.2) is 46.5 Å². The number of carbonyl (C=O) groups excluding carboxylic acids is 1. The Hall–Kier alpha value is -2.79. The lowest BCUT2D eigenvalue weighted by Crippen LogP contribution is -2.42. The zero-order chi connectivity index (χ0) is 19.3. The molecule has 1 N–H and O–H groups in total. The third-order valence-electron chi connectivity index (χ3n) is 5.54. The van der Waals surface area contributed by atoms with Crippen molar-refractivity contribution in [1.29, 1.82) is 0 Å². The Morgan fingerprint density at radius 1 is 1.21 bits per heavy atom. The summed E-state index contributed by atoms with van der Waals surface area (Å²) in [6, 6.07) is 14.1. The Morgan fingerprint density at radius 2 is 2.11 bits per heavy atom. The van der Waals surface area contributed by atoms with Crippen LogP contribution in [0.4, 0.5) is 0 Å². The van der Waals surface area contributed by atoms with Crippen LogP contribution in [0.2, 0.25) is 0 Å². The van der Waals surface area contributed by atoms with E-state index >= 15 is 0 Å². The van der Waals surface area contributed by atoms with Gasteiger partial charge in [-0.05, 0) is 50.6 Å². The fourth-order valence-electron chi connectivity index (χ4n) is 3.92. The quantitative estimate of drug-likeness (QED) is 0.736. The minimum atomic E-state index is -0.0478. The van der Waals surface area contributed by atoms with Gasteiger partial charge in [0.05, 0.1) is 16.8 Å². The largest absolute Gasteiger partial charge is 0.351 e. The summed E-state index contributed by atoms with van der Waals surface area (Å²) in [6.45, 7) is 4.95. The van der Waals surface area contributed by atoms with Crippen LogP contribution >= 0.6 is 0 Å². The number of nitrogens with zero attached hydrogens (tertiary/aromatic N) is 3. The number of amides is 1. The molecule has 2 aromatic heterocycles. The van der Waals surface area contributed by atoms with E-state index in [0.717, 1.165) is 35.2 Å². The molecule has 1 aliphatic heterocycles. The Morgan fingerprint density at radius 3 is 2.93 bits per heavy atom. The maximum absolute atomic E-state index is 13.0. The Labute approximate surface area is 165 Å². The van der Waals surface area contributed by atoms with Crippen LogP contribution in [0.15, 0.2) is 54.9 Å². The summed E-state index contributed by atoms with van der Waals surface area (Å²) in [7, 11) is 0. The van der Waals surface area contributed by atoms with Gasteiger partial charge in [-0.3, -0.25) is 14.7 Å². The monoisotopic (exact) mass is 374 g/mol. The zero-order valence-corrected chi connectivity index (χ0v) is 16.3. The van der Waals surface area contributed by atoms with Crippen LogP contribution in [0.3, 0.4) is 0 Å². The summed E-state index contributed by atoms with van der Waals surface area (Å²) in [5, 5.41) is 3.99. The van der Waals surface area contributed by atoms with E-state index in [2.05, 4.69) is 22.1 Å². The molecule has 3 aromatic rings. The molecule has 0 saturated carbocycles. The number of nitrogens with one attached hydrogen (secondary N) is 1. The van der Waals surface area contributed by atoms with Crippen molar-refractivity contribution in [1.82, 2.24) is 20.2 Å². The van der Waals surface area contributed by atoms with Gasteiger partial charge in [0.15, 0.2) is 0 Å². The van der Waals surface area contributed by atoms with E-state index in [1.54, 1.807) is 12.4 Å².